The second-order valence-electron chi connectivity index (χ2n) is 3.77. The van der Waals surface area contributed by atoms with Gasteiger partial charge in [0.2, 0.25) is 0 Å². The highest BCUT2D eigenvalue weighted by molar-refractivity contribution is 5.79. The summed E-state index contributed by atoms with van der Waals surface area (Å²) in [5, 5.41) is 0. The molecule has 2 rings (SSSR count). The average molecular weight is 205 g/mol. The van der Waals surface area contributed by atoms with Gasteiger partial charge in [-0.1, -0.05) is 24.3 Å². The molecule has 0 fully saturated rings. The van der Waals surface area contributed by atoms with Crippen molar-refractivity contribution in [3.05, 3.63) is 35.4 Å². The van der Waals surface area contributed by atoms with E-state index in [1.54, 1.807) is 0 Å². The van der Waals surface area contributed by atoms with Gasteiger partial charge in [-0.15, -0.1) is 0 Å². The van der Waals surface area contributed by atoms with Crippen LogP contribution in [0.2, 0.25) is 0 Å². The standard InChI is InChI=1S/C12H15NO2/c1-3-15-12(14)11-10-7-5-4-6-9(10)8-13(11)2/h4-7,11H,3,8H2,1-2H3/t11-/m1/s1. The zero-order valence-electron chi connectivity index (χ0n) is 9.06. The molecular formula is C12H15NO2. The van der Waals surface area contributed by atoms with Gasteiger partial charge in [0.15, 0.2) is 0 Å². The van der Waals surface area contributed by atoms with Crippen LogP contribution in [0.3, 0.4) is 0 Å². The molecule has 1 aliphatic heterocycles. The first-order chi connectivity index (χ1) is 7.24. The van der Waals surface area contributed by atoms with E-state index in [4.69, 9.17) is 4.74 Å². The lowest BCUT2D eigenvalue weighted by Gasteiger charge is -2.18. The number of rotatable bonds is 2. The van der Waals surface area contributed by atoms with Crippen molar-refractivity contribution >= 4 is 5.97 Å². The van der Waals surface area contributed by atoms with Crippen molar-refractivity contribution in [3.8, 4) is 0 Å². The summed E-state index contributed by atoms with van der Waals surface area (Å²) >= 11 is 0. The second-order valence-corrected chi connectivity index (χ2v) is 3.77. The van der Waals surface area contributed by atoms with E-state index in [9.17, 15) is 4.79 Å². The third kappa shape index (κ3) is 1.75. The fourth-order valence-electron chi connectivity index (χ4n) is 2.07. The van der Waals surface area contributed by atoms with Crippen LogP contribution in [-0.4, -0.2) is 24.5 Å². The number of carbonyl (C=O) groups is 1. The smallest absolute Gasteiger partial charge is 0.328 e. The molecule has 15 heavy (non-hydrogen) atoms. The quantitative estimate of drug-likeness (QED) is 0.689. The number of nitrogens with zero attached hydrogens (tertiary/aromatic N) is 1. The van der Waals surface area contributed by atoms with Gasteiger partial charge in [0, 0.05) is 6.54 Å². The van der Waals surface area contributed by atoms with Gasteiger partial charge in [0.25, 0.3) is 0 Å². The first-order valence-electron chi connectivity index (χ1n) is 5.18. The Bertz CT molecular complexity index is 376. The van der Waals surface area contributed by atoms with Crippen molar-refractivity contribution in [1.29, 1.82) is 0 Å². The number of ether oxygens (including phenoxy) is 1. The van der Waals surface area contributed by atoms with Crippen molar-refractivity contribution in [2.24, 2.45) is 0 Å². The molecule has 0 saturated carbocycles. The van der Waals surface area contributed by atoms with Crippen LogP contribution in [0.5, 0.6) is 0 Å². The van der Waals surface area contributed by atoms with E-state index in [2.05, 4.69) is 6.07 Å². The Morgan fingerprint density at radius 1 is 1.53 bits per heavy atom. The lowest BCUT2D eigenvalue weighted by Crippen LogP contribution is -2.26. The predicted octanol–water partition coefficient (Wildman–Crippen LogP) is 1.74. The molecular weight excluding hydrogens is 190 g/mol. The van der Waals surface area contributed by atoms with E-state index in [1.165, 1.54) is 5.56 Å². The maximum atomic E-state index is 11.8. The molecule has 0 N–H and O–H groups in total. The van der Waals surface area contributed by atoms with Crippen molar-refractivity contribution in [2.75, 3.05) is 13.7 Å². The summed E-state index contributed by atoms with van der Waals surface area (Å²) in [5.41, 5.74) is 2.30. The minimum atomic E-state index is -0.221. The second kappa shape index (κ2) is 4.03. The predicted molar refractivity (Wildman–Crippen MR) is 57.3 cm³/mol. The number of esters is 1. The Hall–Kier alpha value is -1.35. The normalized spacial score (nSPS) is 20.0. The first kappa shape index (κ1) is 10.2. The number of likely N-dealkylation sites (N-methyl/N-ethyl adjacent to an activating group) is 1. The highest BCUT2D eigenvalue weighted by Gasteiger charge is 2.33. The van der Waals surface area contributed by atoms with E-state index < -0.39 is 0 Å². The molecule has 1 aromatic rings. The Kier molecular flexibility index (Phi) is 2.73. The summed E-state index contributed by atoms with van der Waals surface area (Å²) in [5.74, 6) is -0.148. The zero-order chi connectivity index (χ0) is 10.8. The molecule has 1 atom stereocenters. The van der Waals surface area contributed by atoms with Gasteiger partial charge < -0.3 is 4.74 Å². The van der Waals surface area contributed by atoms with Gasteiger partial charge >= 0.3 is 5.97 Å². The molecule has 0 saturated heterocycles. The topological polar surface area (TPSA) is 29.5 Å². The van der Waals surface area contributed by atoms with Crippen LogP contribution in [0, 0.1) is 0 Å². The van der Waals surface area contributed by atoms with Crippen LogP contribution < -0.4 is 0 Å². The molecule has 0 spiro atoms. The molecule has 0 aliphatic carbocycles. The number of hydrogen-bond donors (Lipinski definition) is 0. The third-order valence-electron chi connectivity index (χ3n) is 2.72. The Balaban J connectivity index is 2.29. The molecule has 0 unspecified atom stereocenters. The van der Waals surface area contributed by atoms with Gasteiger partial charge in [-0.25, -0.2) is 4.79 Å². The molecule has 1 aromatic carbocycles. The molecule has 0 bridgehead atoms. The monoisotopic (exact) mass is 205 g/mol. The molecule has 80 valence electrons. The summed E-state index contributed by atoms with van der Waals surface area (Å²) in [7, 11) is 1.95. The maximum absolute atomic E-state index is 11.8. The highest BCUT2D eigenvalue weighted by atomic mass is 16.5. The molecule has 1 aliphatic rings. The Morgan fingerprint density at radius 3 is 3.00 bits per heavy atom. The number of carbonyl (C=O) groups excluding carboxylic acids is 1. The Labute approximate surface area is 89.7 Å². The van der Waals surface area contributed by atoms with Crippen molar-refractivity contribution in [3.63, 3.8) is 0 Å². The summed E-state index contributed by atoms with van der Waals surface area (Å²) in [6.45, 7) is 3.09. The van der Waals surface area contributed by atoms with Gasteiger partial charge in [-0.05, 0) is 25.1 Å². The van der Waals surface area contributed by atoms with Crippen LogP contribution in [0.1, 0.15) is 24.1 Å². The van der Waals surface area contributed by atoms with Crippen LogP contribution in [0.15, 0.2) is 24.3 Å². The minimum Gasteiger partial charge on any atom is -0.465 e. The molecule has 0 radical (unpaired) electrons. The van der Waals surface area contributed by atoms with E-state index in [1.807, 2.05) is 37.1 Å². The van der Waals surface area contributed by atoms with Crippen LogP contribution in [0.25, 0.3) is 0 Å². The fourth-order valence-corrected chi connectivity index (χ4v) is 2.07. The molecule has 3 nitrogen and oxygen atoms in total. The van der Waals surface area contributed by atoms with Gasteiger partial charge in [0.05, 0.1) is 6.61 Å². The number of fused-ring (bicyclic) bond motifs is 1. The van der Waals surface area contributed by atoms with Crippen molar-refractivity contribution < 1.29 is 9.53 Å². The minimum absolute atomic E-state index is 0.148. The number of hydrogen-bond acceptors (Lipinski definition) is 3. The molecule has 0 aromatic heterocycles. The van der Waals surface area contributed by atoms with Crippen molar-refractivity contribution in [1.82, 2.24) is 4.90 Å². The summed E-state index contributed by atoms with van der Waals surface area (Å²) in [4.78, 5) is 13.8. The first-order valence-corrected chi connectivity index (χ1v) is 5.18. The number of benzene rings is 1. The van der Waals surface area contributed by atoms with E-state index in [0.717, 1.165) is 12.1 Å². The SMILES string of the molecule is CCOC(=O)[C@H]1c2ccccc2CN1C. The van der Waals surface area contributed by atoms with Crippen LogP contribution in [0.4, 0.5) is 0 Å². The lowest BCUT2D eigenvalue weighted by molar-refractivity contribution is -0.148. The average Bonchev–Trinajstić information content (AvgIpc) is 2.54. The van der Waals surface area contributed by atoms with E-state index >= 15 is 0 Å². The Morgan fingerprint density at radius 2 is 2.27 bits per heavy atom. The fraction of sp³-hybridized carbons (Fsp3) is 0.417. The summed E-state index contributed by atoms with van der Waals surface area (Å²) in [6.07, 6.45) is 0. The molecule has 1 heterocycles. The summed E-state index contributed by atoms with van der Waals surface area (Å²) in [6, 6.07) is 7.80. The zero-order valence-corrected chi connectivity index (χ0v) is 9.06. The van der Waals surface area contributed by atoms with Gasteiger partial charge in [-0.2, -0.15) is 0 Å². The van der Waals surface area contributed by atoms with Crippen molar-refractivity contribution in [2.45, 2.75) is 19.5 Å². The third-order valence-corrected chi connectivity index (χ3v) is 2.72. The van der Waals surface area contributed by atoms with E-state index in [-0.39, 0.29) is 12.0 Å². The van der Waals surface area contributed by atoms with Gasteiger partial charge in [0.1, 0.15) is 6.04 Å². The molecule has 0 amide bonds. The van der Waals surface area contributed by atoms with Gasteiger partial charge in [-0.3, -0.25) is 4.90 Å². The largest absolute Gasteiger partial charge is 0.465 e. The molecule has 3 heteroatoms. The van der Waals surface area contributed by atoms with Crippen LogP contribution in [-0.2, 0) is 16.1 Å². The van der Waals surface area contributed by atoms with E-state index in [0.29, 0.717) is 6.61 Å². The maximum Gasteiger partial charge on any atom is 0.328 e. The lowest BCUT2D eigenvalue weighted by atomic mass is 10.1. The highest BCUT2D eigenvalue weighted by Crippen LogP contribution is 2.32. The van der Waals surface area contributed by atoms with Crippen LogP contribution >= 0.6 is 0 Å². The summed E-state index contributed by atoms with van der Waals surface area (Å²) < 4.78 is 5.07.